The fourth-order valence-corrected chi connectivity index (χ4v) is 2.86. The molecule has 2 N–H and O–H groups in total. The highest BCUT2D eigenvalue weighted by Gasteiger charge is 2.16. The van der Waals surface area contributed by atoms with Gasteiger partial charge in [0.25, 0.3) is 0 Å². The minimum Gasteiger partial charge on any atom is -0.366 e. The second-order valence-corrected chi connectivity index (χ2v) is 5.55. The number of thiazole rings is 1. The monoisotopic (exact) mass is 329 g/mol. The SMILES string of the molecule is NC(=O)c1ccc(-c2nc(Cn3nccc3[N+](=O)[O-])cs2)cc1. The zero-order chi connectivity index (χ0) is 16.4. The Labute approximate surface area is 134 Å². The van der Waals surface area contributed by atoms with Crippen molar-refractivity contribution in [3.05, 3.63) is 63.3 Å². The summed E-state index contributed by atoms with van der Waals surface area (Å²) in [5.41, 5.74) is 7.16. The van der Waals surface area contributed by atoms with E-state index in [2.05, 4.69) is 10.1 Å². The number of primary amides is 1. The molecule has 3 aromatic rings. The van der Waals surface area contributed by atoms with E-state index in [0.29, 0.717) is 11.3 Å². The smallest absolute Gasteiger partial charge is 0.345 e. The van der Waals surface area contributed by atoms with Crippen molar-refractivity contribution in [1.82, 2.24) is 14.8 Å². The largest absolute Gasteiger partial charge is 0.366 e. The zero-order valence-corrected chi connectivity index (χ0v) is 12.6. The van der Waals surface area contributed by atoms with Gasteiger partial charge in [-0.15, -0.1) is 16.0 Å². The molecule has 0 aliphatic rings. The predicted octanol–water partition coefficient (Wildman–Crippen LogP) is 2.06. The number of carbonyl (C=O) groups is 1. The fraction of sp³-hybridized carbons (Fsp3) is 0.0714. The van der Waals surface area contributed by atoms with E-state index in [1.54, 1.807) is 24.3 Å². The summed E-state index contributed by atoms with van der Waals surface area (Å²) in [7, 11) is 0. The van der Waals surface area contributed by atoms with Crippen LogP contribution in [0.2, 0.25) is 0 Å². The van der Waals surface area contributed by atoms with Crippen molar-refractivity contribution in [1.29, 1.82) is 0 Å². The number of rotatable bonds is 5. The molecule has 23 heavy (non-hydrogen) atoms. The van der Waals surface area contributed by atoms with Gasteiger partial charge in [0, 0.05) is 16.5 Å². The molecule has 2 aromatic heterocycles. The topological polar surface area (TPSA) is 117 Å². The second-order valence-electron chi connectivity index (χ2n) is 4.69. The van der Waals surface area contributed by atoms with E-state index in [4.69, 9.17) is 5.73 Å². The third-order valence-electron chi connectivity index (χ3n) is 3.16. The van der Waals surface area contributed by atoms with E-state index in [1.807, 2.05) is 5.38 Å². The first-order chi connectivity index (χ1) is 11.0. The molecule has 0 fully saturated rings. The lowest BCUT2D eigenvalue weighted by Crippen LogP contribution is -2.10. The summed E-state index contributed by atoms with van der Waals surface area (Å²) in [5, 5.41) is 17.4. The number of nitrogens with two attached hydrogens (primary N) is 1. The normalized spacial score (nSPS) is 10.6. The Kier molecular flexibility index (Phi) is 3.85. The highest BCUT2D eigenvalue weighted by Crippen LogP contribution is 2.25. The summed E-state index contributed by atoms with van der Waals surface area (Å²) in [6.45, 7) is 0.221. The van der Waals surface area contributed by atoms with Crippen molar-refractivity contribution < 1.29 is 9.72 Å². The molecule has 0 bridgehead atoms. The third kappa shape index (κ3) is 3.09. The molecule has 1 amide bonds. The summed E-state index contributed by atoms with van der Waals surface area (Å²) in [6.07, 6.45) is 1.38. The van der Waals surface area contributed by atoms with Crippen molar-refractivity contribution in [2.45, 2.75) is 6.54 Å². The van der Waals surface area contributed by atoms with Crippen LogP contribution in [0, 0.1) is 10.1 Å². The Hall–Kier alpha value is -3.07. The molecular formula is C14H11N5O3S. The van der Waals surface area contributed by atoms with Crippen LogP contribution in [0.15, 0.2) is 41.9 Å². The first kappa shape index (κ1) is 14.9. The third-order valence-corrected chi connectivity index (χ3v) is 4.10. The van der Waals surface area contributed by atoms with Gasteiger partial charge in [-0.2, -0.15) is 0 Å². The quantitative estimate of drug-likeness (QED) is 0.568. The van der Waals surface area contributed by atoms with Crippen LogP contribution >= 0.6 is 11.3 Å². The second kappa shape index (κ2) is 5.97. The van der Waals surface area contributed by atoms with E-state index in [0.717, 1.165) is 10.6 Å². The molecule has 0 unspecified atom stereocenters. The minimum atomic E-state index is -0.484. The molecule has 9 heteroatoms. The maximum Gasteiger partial charge on any atom is 0.345 e. The summed E-state index contributed by atoms with van der Waals surface area (Å²) in [6, 6.07) is 8.14. The van der Waals surface area contributed by atoms with Gasteiger partial charge in [0.2, 0.25) is 5.91 Å². The van der Waals surface area contributed by atoms with Crippen LogP contribution in [0.25, 0.3) is 10.6 Å². The number of amides is 1. The zero-order valence-electron chi connectivity index (χ0n) is 11.7. The maximum absolute atomic E-state index is 11.1. The van der Waals surface area contributed by atoms with E-state index in [1.165, 1.54) is 28.3 Å². The van der Waals surface area contributed by atoms with Gasteiger partial charge in [0.05, 0.1) is 18.0 Å². The summed E-state index contributed by atoms with van der Waals surface area (Å²) in [4.78, 5) is 25.9. The molecule has 0 saturated carbocycles. The molecule has 116 valence electrons. The standard InChI is InChI=1S/C14H11N5O3S/c15-13(20)9-1-3-10(4-2-9)14-17-11(8-23-14)7-18-12(19(21)22)5-6-16-18/h1-6,8H,7H2,(H2,15,20). The van der Waals surface area contributed by atoms with E-state index < -0.39 is 10.8 Å². The number of aromatic nitrogens is 3. The molecule has 8 nitrogen and oxygen atoms in total. The number of hydrogen-bond donors (Lipinski definition) is 1. The lowest BCUT2D eigenvalue weighted by atomic mass is 10.1. The number of nitrogens with zero attached hydrogens (tertiary/aromatic N) is 4. The van der Waals surface area contributed by atoms with Crippen LogP contribution in [0.3, 0.4) is 0 Å². The van der Waals surface area contributed by atoms with Crippen molar-refractivity contribution in [3.8, 4) is 10.6 Å². The lowest BCUT2D eigenvalue weighted by Gasteiger charge is -1.99. The van der Waals surface area contributed by atoms with Crippen molar-refractivity contribution in [2.24, 2.45) is 5.73 Å². The molecular weight excluding hydrogens is 318 g/mol. The highest BCUT2D eigenvalue weighted by molar-refractivity contribution is 7.13. The van der Waals surface area contributed by atoms with Gasteiger partial charge < -0.3 is 15.8 Å². The molecule has 0 atom stereocenters. The molecule has 0 radical (unpaired) electrons. The van der Waals surface area contributed by atoms with Gasteiger partial charge >= 0.3 is 5.82 Å². The number of nitro groups is 1. The molecule has 0 saturated heterocycles. The average Bonchev–Trinajstić information content (AvgIpc) is 3.17. The van der Waals surface area contributed by atoms with Crippen molar-refractivity contribution in [2.75, 3.05) is 0 Å². The number of carbonyl (C=O) groups excluding carboxylic acids is 1. The van der Waals surface area contributed by atoms with Gasteiger partial charge in [0.1, 0.15) is 5.01 Å². The van der Waals surface area contributed by atoms with Gasteiger partial charge in [-0.25, -0.2) is 4.98 Å². The number of hydrogen-bond acceptors (Lipinski definition) is 6. The van der Waals surface area contributed by atoms with Gasteiger partial charge in [-0.05, 0) is 17.1 Å². The Morgan fingerprint density at radius 3 is 2.70 bits per heavy atom. The maximum atomic E-state index is 11.1. The Morgan fingerprint density at radius 1 is 1.30 bits per heavy atom. The molecule has 1 aromatic carbocycles. The molecule has 0 spiro atoms. The minimum absolute atomic E-state index is 0.0784. The fourth-order valence-electron chi connectivity index (χ4n) is 2.05. The van der Waals surface area contributed by atoms with Gasteiger partial charge in [-0.3, -0.25) is 4.79 Å². The van der Waals surface area contributed by atoms with Crippen LogP contribution in [0.1, 0.15) is 16.1 Å². The first-order valence-corrected chi connectivity index (χ1v) is 7.43. The highest BCUT2D eigenvalue weighted by atomic mass is 32.1. The Morgan fingerprint density at radius 2 is 2.04 bits per heavy atom. The Balaban J connectivity index is 1.81. The molecule has 2 heterocycles. The van der Waals surface area contributed by atoms with E-state index in [9.17, 15) is 14.9 Å². The predicted molar refractivity (Wildman–Crippen MR) is 84.1 cm³/mol. The first-order valence-electron chi connectivity index (χ1n) is 6.55. The van der Waals surface area contributed by atoms with Gasteiger partial charge in [0.15, 0.2) is 6.54 Å². The summed E-state index contributed by atoms with van der Waals surface area (Å²) >= 11 is 1.41. The summed E-state index contributed by atoms with van der Waals surface area (Å²) < 4.78 is 1.29. The Bertz CT molecular complexity index is 869. The van der Waals surface area contributed by atoms with Crippen LogP contribution in [-0.2, 0) is 6.54 Å². The molecule has 0 aliphatic heterocycles. The van der Waals surface area contributed by atoms with Crippen LogP contribution in [0.5, 0.6) is 0 Å². The van der Waals surface area contributed by atoms with Crippen molar-refractivity contribution >= 4 is 23.1 Å². The van der Waals surface area contributed by atoms with Crippen LogP contribution < -0.4 is 5.73 Å². The van der Waals surface area contributed by atoms with Crippen LogP contribution in [-0.4, -0.2) is 25.6 Å². The molecule has 3 rings (SSSR count). The van der Waals surface area contributed by atoms with Gasteiger partial charge in [-0.1, -0.05) is 17.2 Å². The van der Waals surface area contributed by atoms with Crippen molar-refractivity contribution in [3.63, 3.8) is 0 Å². The van der Waals surface area contributed by atoms with E-state index >= 15 is 0 Å². The molecule has 0 aliphatic carbocycles. The average molecular weight is 329 g/mol. The lowest BCUT2D eigenvalue weighted by molar-refractivity contribution is -0.392. The van der Waals surface area contributed by atoms with E-state index in [-0.39, 0.29) is 12.4 Å². The summed E-state index contributed by atoms with van der Waals surface area (Å²) in [5.74, 6) is -0.562. The number of benzene rings is 1. The van der Waals surface area contributed by atoms with Crippen LogP contribution in [0.4, 0.5) is 5.82 Å².